The van der Waals surface area contributed by atoms with Crippen LogP contribution in [0.15, 0.2) is 4.52 Å². The maximum atomic E-state index is 9.26. The van der Waals surface area contributed by atoms with E-state index in [4.69, 9.17) is 4.52 Å². The van der Waals surface area contributed by atoms with E-state index in [0.29, 0.717) is 25.0 Å². The summed E-state index contributed by atoms with van der Waals surface area (Å²) in [6, 6.07) is 0.558. The van der Waals surface area contributed by atoms with Gasteiger partial charge in [0.15, 0.2) is 5.82 Å². The first-order chi connectivity index (χ1) is 9.69. The highest BCUT2D eigenvalue weighted by molar-refractivity contribution is 4.89. The highest BCUT2D eigenvalue weighted by Crippen LogP contribution is 2.23. The second-order valence-corrected chi connectivity index (χ2v) is 6.19. The Bertz CT molecular complexity index is 386. The molecule has 0 saturated heterocycles. The maximum absolute atomic E-state index is 9.26. The fourth-order valence-corrected chi connectivity index (χ4v) is 2.93. The van der Waals surface area contributed by atoms with Gasteiger partial charge in [-0.25, -0.2) is 0 Å². The smallest absolute Gasteiger partial charge is 0.226 e. The number of nitrogens with zero attached hydrogens (tertiary/aromatic N) is 3. The van der Waals surface area contributed by atoms with Gasteiger partial charge in [0.05, 0.1) is 13.2 Å². The molecule has 0 bridgehead atoms. The Hall–Kier alpha value is -0.940. The molecule has 0 spiro atoms. The van der Waals surface area contributed by atoms with Crippen LogP contribution in [0, 0.1) is 5.92 Å². The van der Waals surface area contributed by atoms with E-state index in [1.807, 2.05) is 0 Å². The first-order valence-electron chi connectivity index (χ1n) is 7.85. The van der Waals surface area contributed by atoms with Crippen LogP contribution in [0.4, 0.5) is 0 Å². The van der Waals surface area contributed by atoms with Crippen LogP contribution in [-0.4, -0.2) is 39.3 Å². The van der Waals surface area contributed by atoms with Crippen LogP contribution in [0.5, 0.6) is 0 Å². The van der Waals surface area contributed by atoms with Gasteiger partial charge >= 0.3 is 0 Å². The summed E-state index contributed by atoms with van der Waals surface area (Å²) >= 11 is 0. The average molecular weight is 281 g/mol. The van der Waals surface area contributed by atoms with Crippen molar-refractivity contribution in [3.8, 4) is 0 Å². The van der Waals surface area contributed by atoms with Crippen molar-refractivity contribution in [1.82, 2.24) is 15.0 Å². The highest BCUT2D eigenvalue weighted by Gasteiger charge is 2.22. The Morgan fingerprint density at radius 1 is 1.30 bits per heavy atom. The molecule has 1 aliphatic rings. The largest absolute Gasteiger partial charge is 0.395 e. The van der Waals surface area contributed by atoms with Gasteiger partial charge in [0.1, 0.15) is 0 Å². The Morgan fingerprint density at radius 2 is 2.05 bits per heavy atom. The minimum atomic E-state index is 0.188. The first kappa shape index (κ1) is 15.4. The lowest BCUT2D eigenvalue weighted by molar-refractivity contribution is 0.113. The van der Waals surface area contributed by atoms with Crippen molar-refractivity contribution in [3.05, 3.63) is 11.7 Å². The highest BCUT2D eigenvalue weighted by atomic mass is 16.5. The summed E-state index contributed by atoms with van der Waals surface area (Å²) in [6.45, 7) is 5.85. The van der Waals surface area contributed by atoms with Gasteiger partial charge < -0.3 is 9.63 Å². The summed E-state index contributed by atoms with van der Waals surface area (Å²) in [5.74, 6) is 2.00. The van der Waals surface area contributed by atoms with Crippen LogP contribution in [0.1, 0.15) is 57.7 Å². The Balaban J connectivity index is 1.94. The number of aliphatic hydroxyl groups is 1. The zero-order valence-corrected chi connectivity index (χ0v) is 12.7. The van der Waals surface area contributed by atoms with E-state index < -0.39 is 0 Å². The standard InChI is InChI=1S/C15H27N3O2/c1-12(2)10-15-16-14(17-20-15)11-18(8-9-19)13-6-4-3-5-7-13/h12-13,19H,3-11H2,1-2H3. The molecule has 114 valence electrons. The molecule has 5 heteroatoms. The molecule has 0 unspecified atom stereocenters. The van der Waals surface area contributed by atoms with Gasteiger partial charge in [-0.3, -0.25) is 4.90 Å². The molecule has 1 fully saturated rings. The number of rotatable bonds is 7. The zero-order chi connectivity index (χ0) is 14.4. The lowest BCUT2D eigenvalue weighted by Crippen LogP contribution is -2.38. The van der Waals surface area contributed by atoms with E-state index in [0.717, 1.165) is 18.1 Å². The van der Waals surface area contributed by atoms with E-state index in [9.17, 15) is 5.11 Å². The van der Waals surface area contributed by atoms with Crippen LogP contribution in [-0.2, 0) is 13.0 Å². The zero-order valence-electron chi connectivity index (χ0n) is 12.7. The third-order valence-electron chi connectivity index (χ3n) is 3.92. The summed E-state index contributed by atoms with van der Waals surface area (Å²) in [6.07, 6.45) is 7.18. The molecule has 0 aromatic carbocycles. The Morgan fingerprint density at radius 3 is 2.70 bits per heavy atom. The quantitative estimate of drug-likeness (QED) is 0.831. The van der Waals surface area contributed by atoms with Gasteiger partial charge in [-0.15, -0.1) is 0 Å². The molecular weight excluding hydrogens is 254 g/mol. The Labute approximate surface area is 121 Å². The summed E-state index contributed by atoms with van der Waals surface area (Å²) in [7, 11) is 0. The minimum Gasteiger partial charge on any atom is -0.395 e. The lowest BCUT2D eigenvalue weighted by Gasteiger charge is -2.32. The normalized spacial score (nSPS) is 17.2. The molecule has 1 heterocycles. The van der Waals surface area contributed by atoms with Gasteiger partial charge in [0.25, 0.3) is 0 Å². The van der Waals surface area contributed by atoms with Crippen molar-refractivity contribution < 1.29 is 9.63 Å². The minimum absolute atomic E-state index is 0.188. The van der Waals surface area contributed by atoms with Crippen molar-refractivity contribution >= 4 is 0 Å². The van der Waals surface area contributed by atoms with Crippen LogP contribution in [0.25, 0.3) is 0 Å². The lowest BCUT2D eigenvalue weighted by atomic mass is 9.94. The third kappa shape index (κ3) is 4.56. The van der Waals surface area contributed by atoms with Gasteiger partial charge in [-0.2, -0.15) is 4.98 Å². The summed E-state index contributed by atoms with van der Waals surface area (Å²) in [4.78, 5) is 6.77. The fourth-order valence-electron chi connectivity index (χ4n) is 2.93. The van der Waals surface area contributed by atoms with Crippen molar-refractivity contribution in [3.63, 3.8) is 0 Å². The first-order valence-corrected chi connectivity index (χ1v) is 7.85. The average Bonchev–Trinajstić information content (AvgIpc) is 2.86. The van der Waals surface area contributed by atoms with Gasteiger partial charge in [0, 0.05) is 19.0 Å². The molecule has 1 aliphatic carbocycles. The topological polar surface area (TPSA) is 62.4 Å². The van der Waals surface area contributed by atoms with Gasteiger partial charge in [0.2, 0.25) is 5.89 Å². The van der Waals surface area contributed by atoms with E-state index in [1.54, 1.807) is 0 Å². The fraction of sp³-hybridized carbons (Fsp3) is 0.867. The maximum Gasteiger partial charge on any atom is 0.226 e. The molecule has 5 nitrogen and oxygen atoms in total. The molecule has 0 atom stereocenters. The molecule has 0 radical (unpaired) electrons. The van der Waals surface area contributed by atoms with Crippen LogP contribution in [0.3, 0.4) is 0 Å². The van der Waals surface area contributed by atoms with Gasteiger partial charge in [-0.1, -0.05) is 38.3 Å². The number of hydrogen-bond acceptors (Lipinski definition) is 5. The molecule has 1 aromatic heterocycles. The second kappa shape index (κ2) is 7.74. The SMILES string of the molecule is CC(C)Cc1nc(CN(CCO)C2CCCCC2)no1. The number of aromatic nitrogens is 2. The molecular formula is C15H27N3O2. The third-order valence-corrected chi connectivity index (χ3v) is 3.92. The van der Waals surface area contributed by atoms with Crippen molar-refractivity contribution in [2.45, 2.75) is 65.0 Å². The van der Waals surface area contributed by atoms with Crippen LogP contribution < -0.4 is 0 Å². The summed E-state index contributed by atoms with van der Waals surface area (Å²) < 4.78 is 5.29. The predicted octanol–water partition coefficient (Wildman–Crippen LogP) is 2.40. The van der Waals surface area contributed by atoms with E-state index >= 15 is 0 Å². The van der Waals surface area contributed by atoms with Crippen LogP contribution in [0.2, 0.25) is 0 Å². The molecule has 0 aliphatic heterocycles. The van der Waals surface area contributed by atoms with E-state index in [1.165, 1.54) is 32.1 Å². The monoisotopic (exact) mass is 281 g/mol. The van der Waals surface area contributed by atoms with Crippen molar-refractivity contribution in [1.29, 1.82) is 0 Å². The molecule has 20 heavy (non-hydrogen) atoms. The second-order valence-electron chi connectivity index (χ2n) is 6.19. The molecule has 1 aromatic rings. The predicted molar refractivity (Wildman–Crippen MR) is 77.2 cm³/mol. The van der Waals surface area contributed by atoms with E-state index in [-0.39, 0.29) is 6.61 Å². The van der Waals surface area contributed by atoms with E-state index in [2.05, 4.69) is 28.9 Å². The summed E-state index contributed by atoms with van der Waals surface area (Å²) in [5.41, 5.74) is 0. The number of aliphatic hydroxyl groups excluding tert-OH is 1. The van der Waals surface area contributed by atoms with Crippen LogP contribution >= 0.6 is 0 Å². The van der Waals surface area contributed by atoms with Crippen molar-refractivity contribution in [2.75, 3.05) is 13.2 Å². The van der Waals surface area contributed by atoms with Crippen molar-refractivity contribution in [2.24, 2.45) is 5.92 Å². The molecule has 1 saturated carbocycles. The summed E-state index contributed by atoms with van der Waals surface area (Å²) in [5, 5.41) is 13.3. The Kier molecular flexibility index (Phi) is 5.98. The molecule has 0 amide bonds. The molecule has 1 N–H and O–H groups in total. The number of hydrogen-bond donors (Lipinski definition) is 1. The van der Waals surface area contributed by atoms with Gasteiger partial charge in [-0.05, 0) is 18.8 Å². The molecule has 2 rings (SSSR count).